The molecule has 0 aromatic carbocycles. The van der Waals surface area contributed by atoms with Crippen LogP contribution in [0.2, 0.25) is 0 Å². The molecule has 4 heteroatoms. The molecule has 1 amide bonds. The van der Waals surface area contributed by atoms with Gasteiger partial charge in [0, 0.05) is 12.3 Å². The van der Waals surface area contributed by atoms with E-state index in [-0.39, 0.29) is 18.4 Å². The van der Waals surface area contributed by atoms with Crippen LogP contribution >= 0.6 is 0 Å². The van der Waals surface area contributed by atoms with Crippen LogP contribution in [0.15, 0.2) is 0 Å². The first-order chi connectivity index (χ1) is 7.65. The molecule has 1 fully saturated rings. The van der Waals surface area contributed by atoms with Crippen molar-refractivity contribution in [1.29, 1.82) is 0 Å². The third-order valence-corrected chi connectivity index (χ3v) is 2.68. The summed E-state index contributed by atoms with van der Waals surface area (Å²) in [6.45, 7) is 1.83. The summed E-state index contributed by atoms with van der Waals surface area (Å²) < 4.78 is 4.88. The van der Waals surface area contributed by atoms with Gasteiger partial charge in [-0.3, -0.25) is 4.79 Å². The van der Waals surface area contributed by atoms with Crippen molar-refractivity contribution < 1.29 is 14.3 Å². The van der Waals surface area contributed by atoms with E-state index in [1.807, 2.05) is 0 Å². The SMILES string of the molecule is C#CCCOC(=O)[C@@H](C)NC(=O)C1CCC1. The summed E-state index contributed by atoms with van der Waals surface area (Å²) >= 11 is 0. The average Bonchev–Trinajstić information content (AvgIpc) is 2.14. The van der Waals surface area contributed by atoms with Gasteiger partial charge in [-0.15, -0.1) is 12.3 Å². The Hall–Kier alpha value is -1.50. The molecule has 1 rings (SSSR count). The zero-order valence-corrected chi connectivity index (χ0v) is 9.49. The molecule has 4 nitrogen and oxygen atoms in total. The molecule has 1 aliphatic carbocycles. The highest BCUT2D eigenvalue weighted by Crippen LogP contribution is 2.26. The standard InChI is InChI=1S/C12H17NO3/c1-3-4-8-16-12(15)9(2)13-11(14)10-6-5-7-10/h1,9-10H,4-8H2,2H3,(H,13,14)/t9-/m1/s1. The number of carbonyl (C=O) groups is 2. The average molecular weight is 223 g/mol. The predicted molar refractivity (Wildman–Crippen MR) is 59.4 cm³/mol. The summed E-state index contributed by atoms with van der Waals surface area (Å²) in [6, 6.07) is -0.592. The van der Waals surface area contributed by atoms with E-state index in [0.29, 0.717) is 6.42 Å². The lowest BCUT2D eigenvalue weighted by molar-refractivity contribution is -0.147. The summed E-state index contributed by atoms with van der Waals surface area (Å²) in [5, 5.41) is 2.64. The number of terminal acetylenes is 1. The van der Waals surface area contributed by atoms with Crippen molar-refractivity contribution >= 4 is 11.9 Å². The number of hydrogen-bond acceptors (Lipinski definition) is 3. The lowest BCUT2D eigenvalue weighted by atomic mass is 9.84. The highest BCUT2D eigenvalue weighted by atomic mass is 16.5. The molecule has 1 atom stereocenters. The molecular formula is C12H17NO3. The molecule has 0 aromatic rings. The van der Waals surface area contributed by atoms with Crippen LogP contribution in [0.5, 0.6) is 0 Å². The van der Waals surface area contributed by atoms with Crippen molar-refractivity contribution in [3.63, 3.8) is 0 Å². The first-order valence-corrected chi connectivity index (χ1v) is 5.55. The molecule has 1 N–H and O–H groups in total. The van der Waals surface area contributed by atoms with Gasteiger partial charge in [-0.25, -0.2) is 4.79 Å². The Morgan fingerprint density at radius 1 is 1.56 bits per heavy atom. The van der Waals surface area contributed by atoms with Crippen molar-refractivity contribution in [2.75, 3.05) is 6.61 Å². The monoisotopic (exact) mass is 223 g/mol. The van der Waals surface area contributed by atoms with Gasteiger partial charge < -0.3 is 10.1 Å². The Balaban J connectivity index is 2.22. The fraction of sp³-hybridized carbons (Fsp3) is 0.667. The number of nitrogens with one attached hydrogen (secondary N) is 1. The molecule has 0 radical (unpaired) electrons. The quantitative estimate of drug-likeness (QED) is 0.427. The Morgan fingerprint density at radius 2 is 2.25 bits per heavy atom. The Labute approximate surface area is 95.7 Å². The second kappa shape index (κ2) is 6.16. The maximum atomic E-state index is 11.5. The molecule has 0 bridgehead atoms. The van der Waals surface area contributed by atoms with Crippen LogP contribution in [0.1, 0.15) is 32.6 Å². The second-order valence-electron chi connectivity index (χ2n) is 3.98. The molecule has 0 spiro atoms. The van der Waals surface area contributed by atoms with Gasteiger partial charge in [0.05, 0.1) is 0 Å². The number of hydrogen-bond donors (Lipinski definition) is 1. The molecule has 0 saturated heterocycles. The molecule has 16 heavy (non-hydrogen) atoms. The number of ether oxygens (including phenoxy) is 1. The van der Waals surface area contributed by atoms with Gasteiger partial charge in [0.15, 0.2) is 0 Å². The molecule has 0 heterocycles. The molecule has 1 aliphatic rings. The number of esters is 1. The van der Waals surface area contributed by atoms with Crippen LogP contribution in [-0.4, -0.2) is 24.5 Å². The highest BCUT2D eigenvalue weighted by molar-refractivity contribution is 5.85. The normalized spacial score (nSPS) is 16.8. The van der Waals surface area contributed by atoms with Crippen molar-refractivity contribution in [3.8, 4) is 12.3 Å². The minimum Gasteiger partial charge on any atom is -0.463 e. The van der Waals surface area contributed by atoms with Gasteiger partial charge in [0.1, 0.15) is 12.6 Å². The van der Waals surface area contributed by atoms with Crippen LogP contribution in [0.4, 0.5) is 0 Å². The molecule has 0 aromatic heterocycles. The van der Waals surface area contributed by atoms with Gasteiger partial charge in [0.25, 0.3) is 0 Å². The van der Waals surface area contributed by atoms with Crippen LogP contribution in [-0.2, 0) is 14.3 Å². The van der Waals surface area contributed by atoms with Gasteiger partial charge in [-0.2, -0.15) is 0 Å². The van der Waals surface area contributed by atoms with E-state index < -0.39 is 12.0 Å². The molecule has 88 valence electrons. The maximum absolute atomic E-state index is 11.5. The summed E-state index contributed by atoms with van der Waals surface area (Å²) in [6.07, 6.45) is 8.36. The lowest BCUT2D eigenvalue weighted by Crippen LogP contribution is -2.44. The van der Waals surface area contributed by atoms with E-state index in [1.54, 1.807) is 6.92 Å². The van der Waals surface area contributed by atoms with E-state index in [2.05, 4.69) is 11.2 Å². The Kier molecular flexibility index (Phi) is 4.84. The van der Waals surface area contributed by atoms with E-state index in [9.17, 15) is 9.59 Å². The number of carbonyl (C=O) groups excluding carboxylic acids is 2. The zero-order valence-electron chi connectivity index (χ0n) is 9.49. The van der Waals surface area contributed by atoms with Gasteiger partial charge >= 0.3 is 5.97 Å². The van der Waals surface area contributed by atoms with Crippen LogP contribution < -0.4 is 5.32 Å². The Bertz CT molecular complexity index is 302. The maximum Gasteiger partial charge on any atom is 0.328 e. The summed E-state index contributed by atoms with van der Waals surface area (Å²) in [5.41, 5.74) is 0. The van der Waals surface area contributed by atoms with Crippen LogP contribution in [0.3, 0.4) is 0 Å². The van der Waals surface area contributed by atoms with Gasteiger partial charge in [-0.1, -0.05) is 6.42 Å². The minimum absolute atomic E-state index is 0.0485. The minimum atomic E-state index is -0.592. The predicted octanol–water partition coefficient (Wildman–Crippen LogP) is 0.858. The summed E-state index contributed by atoms with van der Waals surface area (Å²) in [4.78, 5) is 22.9. The summed E-state index contributed by atoms with van der Waals surface area (Å²) in [5.74, 6) is 1.98. The first kappa shape index (κ1) is 12.6. The summed E-state index contributed by atoms with van der Waals surface area (Å²) in [7, 11) is 0. The Morgan fingerprint density at radius 3 is 2.75 bits per heavy atom. The molecule has 0 unspecified atom stereocenters. The number of amides is 1. The van der Waals surface area contributed by atoms with Crippen molar-refractivity contribution in [2.45, 2.75) is 38.6 Å². The van der Waals surface area contributed by atoms with Crippen molar-refractivity contribution in [2.24, 2.45) is 5.92 Å². The third kappa shape index (κ3) is 3.58. The zero-order chi connectivity index (χ0) is 12.0. The second-order valence-corrected chi connectivity index (χ2v) is 3.98. The van der Waals surface area contributed by atoms with Gasteiger partial charge in [-0.05, 0) is 19.8 Å². The number of rotatable bonds is 5. The largest absolute Gasteiger partial charge is 0.463 e. The molecular weight excluding hydrogens is 206 g/mol. The fourth-order valence-corrected chi connectivity index (χ4v) is 1.40. The molecule has 0 aliphatic heterocycles. The highest BCUT2D eigenvalue weighted by Gasteiger charge is 2.27. The topological polar surface area (TPSA) is 55.4 Å². The molecule has 1 saturated carbocycles. The van der Waals surface area contributed by atoms with E-state index >= 15 is 0 Å². The van der Waals surface area contributed by atoms with Crippen molar-refractivity contribution in [1.82, 2.24) is 5.32 Å². The van der Waals surface area contributed by atoms with E-state index in [4.69, 9.17) is 11.2 Å². The lowest BCUT2D eigenvalue weighted by Gasteiger charge is -2.25. The van der Waals surface area contributed by atoms with E-state index in [0.717, 1.165) is 19.3 Å². The fourth-order valence-electron chi connectivity index (χ4n) is 1.40. The van der Waals surface area contributed by atoms with Crippen LogP contribution in [0, 0.1) is 18.3 Å². The first-order valence-electron chi connectivity index (χ1n) is 5.55. The third-order valence-electron chi connectivity index (χ3n) is 2.68. The van der Waals surface area contributed by atoms with Crippen molar-refractivity contribution in [3.05, 3.63) is 0 Å². The van der Waals surface area contributed by atoms with Crippen LogP contribution in [0.25, 0.3) is 0 Å². The van der Waals surface area contributed by atoms with E-state index in [1.165, 1.54) is 0 Å². The van der Waals surface area contributed by atoms with Gasteiger partial charge in [0.2, 0.25) is 5.91 Å². The smallest absolute Gasteiger partial charge is 0.328 e.